The van der Waals surface area contributed by atoms with E-state index >= 15 is 0 Å². The Morgan fingerprint density at radius 1 is 1.04 bits per heavy atom. The van der Waals surface area contributed by atoms with Gasteiger partial charge in [0.25, 0.3) is 0 Å². The average Bonchev–Trinajstić information content (AvgIpc) is 2.64. The van der Waals surface area contributed by atoms with E-state index in [4.69, 9.17) is 0 Å². The largest absolute Gasteiger partial charge is 0.388 e. The molecule has 1 heterocycles. The summed E-state index contributed by atoms with van der Waals surface area (Å²) >= 11 is 0. The highest BCUT2D eigenvalue weighted by molar-refractivity contribution is 5.86. The van der Waals surface area contributed by atoms with Crippen LogP contribution in [-0.2, 0) is 12.8 Å². The first kappa shape index (κ1) is 16.0. The second kappa shape index (κ2) is 7.60. The molecule has 0 aliphatic rings. The van der Waals surface area contributed by atoms with Gasteiger partial charge in [0.15, 0.2) is 0 Å². The highest BCUT2D eigenvalue weighted by Crippen LogP contribution is 2.21. The molecule has 1 N–H and O–H groups in total. The van der Waals surface area contributed by atoms with Crippen LogP contribution in [0.1, 0.15) is 16.8 Å². The zero-order chi connectivity index (χ0) is 16.8. The number of rotatable bonds is 6. The van der Waals surface area contributed by atoms with Gasteiger partial charge in [0.2, 0.25) is 0 Å². The van der Waals surface area contributed by atoms with Gasteiger partial charge in [-0.25, -0.2) is 0 Å². The van der Waals surface area contributed by atoms with Crippen LogP contribution in [0.25, 0.3) is 16.5 Å². The summed E-state index contributed by atoms with van der Waals surface area (Å²) in [6.07, 6.45) is 7.71. The van der Waals surface area contributed by atoms with Gasteiger partial charge in [0.1, 0.15) is 0 Å². The minimum Gasteiger partial charge on any atom is -0.388 e. The summed E-state index contributed by atoms with van der Waals surface area (Å²) in [5.41, 5.74) is 4.70. The number of hydrogen-bond acceptors (Lipinski definition) is 2. The molecule has 0 aliphatic heterocycles. The summed E-state index contributed by atoms with van der Waals surface area (Å²) in [5, 5.41) is 5.60. The van der Waals surface area contributed by atoms with Crippen LogP contribution in [0, 0.1) is 0 Å². The zero-order valence-electron chi connectivity index (χ0n) is 14.0. The van der Waals surface area contributed by atoms with Gasteiger partial charge in [0.05, 0.1) is 0 Å². The van der Waals surface area contributed by atoms with E-state index < -0.39 is 0 Å². The van der Waals surface area contributed by atoms with Crippen LogP contribution >= 0.6 is 0 Å². The minimum atomic E-state index is 0.950. The van der Waals surface area contributed by atoms with Crippen molar-refractivity contribution >= 4 is 16.5 Å². The summed E-state index contributed by atoms with van der Waals surface area (Å²) in [4.78, 5) is 4.61. The van der Waals surface area contributed by atoms with E-state index in [2.05, 4.69) is 71.5 Å². The molecule has 0 aliphatic carbocycles. The van der Waals surface area contributed by atoms with Crippen molar-refractivity contribution in [1.82, 2.24) is 10.3 Å². The van der Waals surface area contributed by atoms with Crippen LogP contribution in [0.3, 0.4) is 0 Å². The summed E-state index contributed by atoms with van der Waals surface area (Å²) in [7, 11) is 1.93. The fourth-order valence-electron chi connectivity index (χ4n) is 2.85. The first-order valence-electron chi connectivity index (χ1n) is 8.23. The summed E-state index contributed by atoms with van der Waals surface area (Å²) in [6.45, 7) is 3.78. The number of hydrogen-bond donors (Lipinski definition) is 1. The van der Waals surface area contributed by atoms with Gasteiger partial charge < -0.3 is 5.32 Å². The van der Waals surface area contributed by atoms with Crippen molar-refractivity contribution in [1.29, 1.82) is 0 Å². The van der Waals surface area contributed by atoms with Crippen LogP contribution in [-0.4, -0.2) is 12.0 Å². The zero-order valence-corrected chi connectivity index (χ0v) is 14.0. The number of pyridine rings is 1. The third-order valence-electron chi connectivity index (χ3n) is 4.16. The van der Waals surface area contributed by atoms with E-state index in [9.17, 15) is 0 Å². The van der Waals surface area contributed by atoms with Crippen LogP contribution in [0.5, 0.6) is 0 Å². The molecule has 2 aromatic carbocycles. The van der Waals surface area contributed by atoms with Gasteiger partial charge in [-0.3, -0.25) is 4.98 Å². The minimum absolute atomic E-state index is 0.950. The molecule has 0 bridgehead atoms. The number of allylic oxidation sites excluding steroid dienone is 2. The van der Waals surface area contributed by atoms with Crippen molar-refractivity contribution in [3.8, 4) is 0 Å². The van der Waals surface area contributed by atoms with Crippen molar-refractivity contribution in [3.05, 3.63) is 96.3 Å². The highest BCUT2D eigenvalue weighted by Gasteiger charge is 2.03. The lowest BCUT2D eigenvalue weighted by molar-refractivity contribution is 0.918. The van der Waals surface area contributed by atoms with Gasteiger partial charge in [-0.1, -0.05) is 55.1 Å². The Hall–Kier alpha value is -2.87. The number of nitrogens with one attached hydrogen (secondary N) is 1. The Morgan fingerprint density at radius 2 is 1.88 bits per heavy atom. The maximum atomic E-state index is 4.61. The van der Waals surface area contributed by atoms with Crippen molar-refractivity contribution in [2.24, 2.45) is 0 Å². The van der Waals surface area contributed by atoms with Crippen LogP contribution in [0.2, 0.25) is 0 Å². The monoisotopic (exact) mass is 314 g/mol. The second-order valence-corrected chi connectivity index (χ2v) is 5.79. The molecule has 0 radical (unpaired) electrons. The fourth-order valence-corrected chi connectivity index (χ4v) is 2.85. The van der Waals surface area contributed by atoms with E-state index in [1.54, 1.807) is 6.08 Å². The van der Waals surface area contributed by atoms with Crippen LogP contribution in [0.4, 0.5) is 0 Å². The molecule has 0 fully saturated rings. The molecular weight excluding hydrogens is 292 g/mol. The van der Waals surface area contributed by atoms with E-state index in [1.165, 1.54) is 10.9 Å². The lowest BCUT2D eigenvalue weighted by Crippen LogP contribution is -2.04. The lowest BCUT2D eigenvalue weighted by Gasteiger charge is -2.09. The molecule has 2 heteroatoms. The van der Waals surface area contributed by atoms with Crippen molar-refractivity contribution in [2.45, 2.75) is 12.8 Å². The van der Waals surface area contributed by atoms with E-state index in [1.807, 2.05) is 19.3 Å². The van der Waals surface area contributed by atoms with Gasteiger partial charge >= 0.3 is 0 Å². The Labute approximate surface area is 143 Å². The van der Waals surface area contributed by atoms with Gasteiger partial charge in [0, 0.05) is 30.0 Å². The molecule has 120 valence electrons. The molecule has 0 unspecified atom stereocenters. The molecule has 0 amide bonds. The molecule has 0 spiro atoms. The molecule has 0 saturated heterocycles. The molecule has 24 heavy (non-hydrogen) atoms. The molecular formula is C22H22N2. The second-order valence-electron chi connectivity index (χ2n) is 5.79. The Bertz CT molecular complexity index is 864. The van der Waals surface area contributed by atoms with Gasteiger partial charge in [-0.15, -0.1) is 0 Å². The summed E-state index contributed by atoms with van der Waals surface area (Å²) in [5.74, 6) is 0. The molecule has 1 aromatic heterocycles. The first-order valence-corrected chi connectivity index (χ1v) is 8.23. The smallest absolute Gasteiger partial charge is 0.0413 e. The predicted molar refractivity (Wildman–Crippen MR) is 103 cm³/mol. The first-order chi connectivity index (χ1) is 11.8. The number of aryl methyl sites for hydroxylation is 2. The molecule has 3 aromatic rings. The summed E-state index contributed by atoms with van der Waals surface area (Å²) in [6, 6.07) is 19.2. The number of benzene rings is 2. The van der Waals surface area contributed by atoms with E-state index in [-0.39, 0.29) is 0 Å². The maximum absolute atomic E-state index is 4.61. The van der Waals surface area contributed by atoms with Crippen molar-refractivity contribution in [2.75, 3.05) is 7.05 Å². The van der Waals surface area contributed by atoms with Gasteiger partial charge in [-0.2, -0.15) is 0 Å². The lowest BCUT2D eigenvalue weighted by atomic mass is 10.0. The SMILES string of the molecule is C=C/C=C(\NC)c1ccc2cnc(CCc3ccccc3)cc2c1. The Balaban J connectivity index is 1.86. The highest BCUT2D eigenvalue weighted by atomic mass is 14.8. The molecule has 3 rings (SSSR count). The number of fused-ring (bicyclic) bond motifs is 1. The Morgan fingerprint density at radius 3 is 2.62 bits per heavy atom. The fraction of sp³-hybridized carbons (Fsp3) is 0.136. The van der Waals surface area contributed by atoms with E-state index in [0.717, 1.165) is 35.2 Å². The maximum Gasteiger partial charge on any atom is 0.0413 e. The van der Waals surface area contributed by atoms with Crippen LogP contribution in [0.15, 0.2) is 79.5 Å². The topological polar surface area (TPSA) is 24.9 Å². The van der Waals surface area contributed by atoms with E-state index in [0.29, 0.717) is 0 Å². The van der Waals surface area contributed by atoms with Crippen molar-refractivity contribution in [3.63, 3.8) is 0 Å². The molecule has 0 saturated carbocycles. The normalized spacial score (nSPS) is 11.5. The standard InChI is InChI=1S/C22H22N2/c1-3-7-22(23-2)18-11-12-19-16-24-21(15-20(19)14-18)13-10-17-8-5-4-6-9-17/h3-9,11-12,14-16,23H,1,10,13H2,2H3/b22-7-. The quantitative estimate of drug-likeness (QED) is 0.663. The van der Waals surface area contributed by atoms with Crippen LogP contribution < -0.4 is 5.32 Å². The van der Waals surface area contributed by atoms with Crippen molar-refractivity contribution < 1.29 is 0 Å². The molecule has 2 nitrogen and oxygen atoms in total. The van der Waals surface area contributed by atoms with Gasteiger partial charge in [-0.05, 0) is 47.6 Å². The summed E-state index contributed by atoms with van der Waals surface area (Å²) < 4.78 is 0. The molecule has 0 atom stereocenters. The number of nitrogens with zero attached hydrogens (tertiary/aromatic N) is 1. The third kappa shape index (κ3) is 3.72. The third-order valence-corrected chi connectivity index (χ3v) is 4.16. The average molecular weight is 314 g/mol. The predicted octanol–water partition coefficient (Wildman–Crippen LogP) is 4.77. The number of aromatic nitrogens is 1. The Kier molecular flexibility index (Phi) is 5.07.